The van der Waals surface area contributed by atoms with Gasteiger partial charge in [-0.25, -0.2) is 9.18 Å². The van der Waals surface area contributed by atoms with Gasteiger partial charge in [0.15, 0.2) is 11.6 Å². The lowest BCUT2D eigenvalue weighted by Gasteiger charge is -2.25. The van der Waals surface area contributed by atoms with Crippen LogP contribution in [0.15, 0.2) is 30.0 Å². The molecule has 1 aromatic rings. The second-order valence-electron chi connectivity index (χ2n) is 6.65. The zero-order valence-electron chi connectivity index (χ0n) is 15.2. The minimum Gasteiger partial charge on any atom is -0.480 e. The largest absolute Gasteiger partial charge is 0.480 e. The molecule has 1 heterocycles. The zero-order chi connectivity index (χ0) is 18.7. The van der Waals surface area contributed by atoms with Crippen LogP contribution in [0.4, 0.5) is 10.1 Å². The molecular formula is C18H24ClFN2O4. The molecule has 0 fully saturated rings. The van der Waals surface area contributed by atoms with Gasteiger partial charge in [-0.05, 0) is 24.5 Å². The Kier molecular flexibility index (Phi) is 7.44. The Bertz CT molecular complexity index is 706. The monoisotopic (exact) mass is 386 g/mol. The highest BCUT2D eigenvalue weighted by Crippen LogP contribution is 2.29. The van der Waals surface area contributed by atoms with Crippen LogP contribution in [-0.4, -0.2) is 48.6 Å². The zero-order valence-corrected chi connectivity index (χ0v) is 16.0. The third kappa shape index (κ3) is 4.88. The molecule has 0 saturated heterocycles. The Hall–Kier alpha value is -2.28. The number of hydrogen-bond donors (Lipinski definition) is 1. The van der Waals surface area contributed by atoms with E-state index in [1.165, 1.54) is 17.0 Å². The van der Waals surface area contributed by atoms with Crippen molar-refractivity contribution < 1.29 is 23.8 Å². The van der Waals surface area contributed by atoms with Crippen LogP contribution in [0.1, 0.15) is 20.3 Å². The first-order valence-corrected chi connectivity index (χ1v) is 8.08. The highest BCUT2D eigenvalue weighted by atomic mass is 35.5. The topological polar surface area (TPSA) is 70.1 Å². The number of carbonyl (C=O) groups excluding carboxylic acids is 1. The van der Waals surface area contributed by atoms with Crippen molar-refractivity contribution in [3.63, 3.8) is 0 Å². The van der Waals surface area contributed by atoms with Crippen LogP contribution in [0.5, 0.6) is 5.75 Å². The van der Waals surface area contributed by atoms with E-state index in [1.807, 2.05) is 13.8 Å². The Morgan fingerprint density at radius 2 is 2.04 bits per heavy atom. The Morgan fingerprint density at radius 3 is 2.58 bits per heavy atom. The van der Waals surface area contributed by atoms with Crippen molar-refractivity contribution in [2.75, 3.05) is 25.5 Å². The smallest absolute Gasteiger partial charge is 0.326 e. The normalized spacial score (nSPS) is 14.8. The van der Waals surface area contributed by atoms with Crippen LogP contribution in [0, 0.1) is 11.7 Å². The summed E-state index contributed by atoms with van der Waals surface area (Å²) in [6, 6.07) is 3.81. The van der Waals surface area contributed by atoms with Crippen molar-refractivity contribution in [3.8, 4) is 5.75 Å². The van der Waals surface area contributed by atoms with Gasteiger partial charge in [-0.2, -0.15) is 0 Å². The number of hydrogen-bond acceptors (Lipinski definition) is 4. The molecule has 0 radical (unpaired) electrons. The maximum atomic E-state index is 14.4. The van der Waals surface area contributed by atoms with Crippen molar-refractivity contribution in [3.05, 3.63) is 35.9 Å². The summed E-state index contributed by atoms with van der Waals surface area (Å²) < 4.78 is 20.0. The molecule has 1 aliphatic heterocycles. The highest BCUT2D eigenvalue weighted by molar-refractivity contribution is 5.94. The van der Waals surface area contributed by atoms with E-state index >= 15 is 0 Å². The molecule has 0 spiro atoms. The third-order valence-electron chi connectivity index (χ3n) is 3.92. The number of aliphatic carboxylic acids is 1. The van der Waals surface area contributed by atoms with Crippen molar-refractivity contribution in [1.29, 1.82) is 0 Å². The molecule has 8 heteroatoms. The van der Waals surface area contributed by atoms with Gasteiger partial charge in [0.2, 0.25) is 0 Å². The molecule has 0 saturated carbocycles. The minimum absolute atomic E-state index is 0. The minimum atomic E-state index is -1.06. The lowest BCUT2D eigenvalue weighted by molar-refractivity contribution is -0.148. The number of rotatable bonds is 7. The Balaban J connectivity index is 0.00000338. The average Bonchev–Trinajstić information content (AvgIpc) is 2.86. The fraction of sp³-hybridized carbons (Fsp3) is 0.444. The summed E-state index contributed by atoms with van der Waals surface area (Å²) in [6.45, 7) is 3.79. The number of anilines is 1. The number of nitrogens with zero attached hydrogens (tertiary/aromatic N) is 2. The number of carbonyl (C=O) groups is 2. The molecule has 6 nitrogen and oxygen atoms in total. The number of benzene rings is 1. The SMILES string of the molecule is CC(C)C[C@@H](C(=O)O)N1CC(Oc2cccc(N(C)C)c2F)=CC1=O.Cl. The Morgan fingerprint density at radius 1 is 1.38 bits per heavy atom. The first-order chi connectivity index (χ1) is 11.7. The van der Waals surface area contributed by atoms with Gasteiger partial charge in [-0.15, -0.1) is 12.4 Å². The molecule has 1 amide bonds. The van der Waals surface area contributed by atoms with Gasteiger partial charge < -0.3 is 19.6 Å². The first-order valence-electron chi connectivity index (χ1n) is 8.08. The lowest BCUT2D eigenvalue weighted by atomic mass is 10.0. The molecule has 0 aromatic heterocycles. The predicted molar refractivity (Wildman–Crippen MR) is 99.3 cm³/mol. The quantitative estimate of drug-likeness (QED) is 0.780. The number of carboxylic acids is 1. The van der Waals surface area contributed by atoms with Gasteiger partial charge in [0.25, 0.3) is 5.91 Å². The molecule has 1 atom stereocenters. The standard InChI is InChI=1S/C18H23FN2O4.ClH/c1-11(2)8-14(18(23)24)21-10-12(9-16(21)22)25-15-7-5-6-13(17(15)19)20(3)4;/h5-7,9,11,14H,8,10H2,1-4H3,(H,23,24);1H/t14-;/m0./s1. The molecule has 0 bridgehead atoms. The second-order valence-corrected chi connectivity index (χ2v) is 6.65. The van der Waals surface area contributed by atoms with Crippen LogP contribution in [0.3, 0.4) is 0 Å². The van der Waals surface area contributed by atoms with Gasteiger partial charge >= 0.3 is 5.97 Å². The molecule has 1 aliphatic rings. The van der Waals surface area contributed by atoms with Crippen molar-refractivity contribution in [1.82, 2.24) is 4.90 Å². The van der Waals surface area contributed by atoms with Crippen LogP contribution >= 0.6 is 12.4 Å². The number of ether oxygens (including phenoxy) is 1. The fourth-order valence-electron chi connectivity index (χ4n) is 2.71. The molecule has 0 aliphatic carbocycles. The van der Waals surface area contributed by atoms with Gasteiger partial charge in [0.1, 0.15) is 11.8 Å². The maximum Gasteiger partial charge on any atom is 0.326 e. The summed E-state index contributed by atoms with van der Waals surface area (Å²) in [5.74, 6) is -1.67. The number of carboxylic acid groups (broad SMARTS) is 1. The Labute approximate surface area is 158 Å². The third-order valence-corrected chi connectivity index (χ3v) is 3.92. The van der Waals surface area contributed by atoms with Gasteiger partial charge in [0.05, 0.1) is 12.2 Å². The molecular weight excluding hydrogens is 363 g/mol. The molecule has 144 valence electrons. The first kappa shape index (κ1) is 21.8. The molecule has 1 aromatic carbocycles. The molecule has 26 heavy (non-hydrogen) atoms. The van der Waals surface area contributed by atoms with E-state index in [0.29, 0.717) is 12.1 Å². The summed E-state index contributed by atoms with van der Waals surface area (Å²) in [5.41, 5.74) is 0.363. The van der Waals surface area contributed by atoms with Crippen molar-refractivity contribution >= 4 is 30.0 Å². The summed E-state index contributed by atoms with van der Waals surface area (Å²) in [4.78, 5) is 26.5. The van der Waals surface area contributed by atoms with E-state index in [1.54, 1.807) is 31.1 Å². The molecule has 0 unspecified atom stereocenters. The fourth-order valence-corrected chi connectivity index (χ4v) is 2.71. The van der Waals surface area contributed by atoms with E-state index in [9.17, 15) is 19.1 Å². The average molecular weight is 387 g/mol. The van der Waals surface area contributed by atoms with E-state index in [-0.39, 0.29) is 36.4 Å². The van der Waals surface area contributed by atoms with Crippen LogP contribution in [0.2, 0.25) is 0 Å². The van der Waals surface area contributed by atoms with Gasteiger partial charge in [-0.1, -0.05) is 19.9 Å². The number of amides is 1. The van der Waals surface area contributed by atoms with Crippen molar-refractivity contribution in [2.24, 2.45) is 5.92 Å². The van der Waals surface area contributed by atoms with Crippen molar-refractivity contribution in [2.45, 2.75) is 26.3 Å². The number of halogens is 2. The summed E-state index contributed by atoms with van der Waals surface area (Å²) in [6.07, 6.45) is 1.56. The summed E-state index contributed by atoms with van der Waals surface area (Å²) in [5, 5.41) is 9.39. The van der Waals surface area contributed by atoms with E-state index < -0.39 is 23.7 Å². The van der Waals surface area contributed by atoms with E-state index in [4.69, 9.17) is 4.74 Å². The van der Waals surface area contributed by atoms with E-state index in [2.05, 4.69) is 0 Å². The second kappa shape index (κ2) is 8.89. The van der Waals surface area contributed by atoms with Crippen LogP contribution in [-0.2, 0) is 9.59 Å². The molecule has 1 N–H and O–H groups in total. The van der Waals surface area contributed by atoms with Crippen LogP contribution in [0.25, 0.3) is 0 Å². The maximum absolute atomic E-state index is 14.4. The van der Waals surface area contributed by atoms with E-state index in [0.717, 1.165) is 0 Å². The van der Waals surface area contributed by atoms with Gasteiger partial charge in [0, 0.05) is 20.2 Å². The van der Waals surface area contributed by atoms with Gasteiger partial charge in [-0.3, -0.25) is 4.79 Å². The predicted octanol–water partition coefficient (Wildman–Crippen LogP) is 2.92. The summed E-state index contributed by atoms with van der Waals surface area (Å²) >= 11 is 0. The molecule has 2 rings (SSSR count). The lowest BCUT2D eigenvalue weighted by Crippen LogP contribution is -2.43. The summed E-state index contributed by atoms with van der Waals surface area (Å²) in [7, 11) is 3.43. The highest BCUT2D eigenvalue weighted by Gasteiger charge is 2.34. The van der Waals surface area contributed by atoms with Crippen LogP contribution < -0.4 is 9.64 Å².